The molecule has 100 valence electrons. The van der Waals surface area contributed by atoms with E-state index in [1.807, 2.05) is 19.1 Å². The van der Waals surface area contributed by atoms with Crippen LogP contribution in [0.1, 0.15) is 39.0 Å². The van der Waals surface area contributed by atoms with Crippen molar-refractivity contribution < 1.29 is 14.3 Å². The highest BCUT2D eigenvalue weighted by Crippen LogP contribution is 2.08. The summed E-state index contributed by atoms with van der Waals surface area (Å²) in [6.45, 7) is 3.00. The van der Waals surface area contributed by atoms with Gasteiger partial charge in [0.05, 0.1) is 19.4 Å². The smallest absolute Gasteiger partial charge is 0.305 e. The van der Waals surface area contributed by atoms with E-state index in [0.29, 0.717) is 19.6 Å². The van der Waals surface area contributed by atoms with Crippen LogP contribution < -0.4 is 4.74 Å². The number of ether oxygens (including phenoxy) is 2. The highest BCUT2D eigenvalue weighted by atomic mass is 16.5. The van der Waals surface area contributed by atoms with Crippen molar-refractivity contribution in [3.05, 3.63) is 24.5 Å². The summed E-state index contributed by atoms with van der Waals surface area (Å²) in [5.74, 6) is 0.716. The molecule has 0 amide bonds. The lowest BCUT2D eigenvalue weighted by Gasteiger charge is -2.05. The molecule has 0 N–H and O–H groups in total. The number of carbonyl (C=O) groups is 1. The van der Waals surface area contributed by atoms with Crippen molar-refractivity contribution >= 4 is 5.97 Å². The van der Waals surface area contributed by atoms with Crippen LogP contribution in [-0.4, -0.2) is 24.2 Å². The number of hydrogen-bond donors (Lipinski definition) is 0. The molecular weight excluding hydrogens is 230 g/mol. The number of carbonyl (C=O) groups excluding carboxylic acids is 1. The van der Waals surface area contributed by atoms with E-state index in [2.05, 4.69) is 4.98 Å². The van der Waals surface area contributed by atoms with Crippen LogP contribution in [-0.2, 0) is 9.53 Å². The predicted molar refractivity (Wildman–Crippen MR) is 69.5 cm³/mol. The second-order valence-corrected chi connectivity index (χ2v) is 4.01. The van der Waals surface area contributed by atoms with E-state index in [9.17, 15) is 4.79 Å². The summed E-state index contributed by atoms with van der Waals surface area (Å²) < 4.78 is 10.4. The second kappa shape index (κ2) is 9.45. The Morgan fingerprint density at radius 2 is 2.11 bits per heavy atom. The van der Waals surface area contributed by atoms with Crippen molar-refractivity contribution in [2.45, 2.75) is 39.0 Å². The van der Waals surface area contributed by atoms with Crippen LogP contribution in [0.15, 0.2) is 24.5 Å². The van der Waals surface area contributed by atoms with Crippen LogP contribution >= 0.6 is 0 Å². The van der Waals surface area contributed by atoms with E-state index in [4.69, 9.17) is 9.47 Å². The molecule has 0 saturated carbocycles. The molecule has 4 heteroatoms. The minimum absolute atomic E-state index is 0.0934. The van der Waals surface area contributed by atoms with Crippen molar-refractivity contribution in [1.82, 2.24) is 4.98 Å². The largest absolute Gasteiger partial charge is 0.492 e. The molecule has 18 heavy (non-hydrogen) atoms. The van der Waals surface area contributed by atoms with Crippen molar-refractivity contribution in [2.75, 3.05) is 13.2 Å². The monoisotopic (exact) mass is 251 g/mol. The summed E-state index contributed by atoms with van der Waals surface area (Å²) in [7, 11) is 0. The number of esters is 1. The fourth-order valence-electron chi connectivity index (χ4n) is 1.58. The van der Waals surface area contributed by atoms with Crippen molar-refractivity contribution in [3.63, 3.8) is 0 Å². The molecule has 0 aliphatic heterocycles. The van der Waals surface area contributed by atoms with Crippen LogP contribution in [0, 0.1) is 0 Å². The molecular formula is C14H21NO3. The number of pyridine rings is 1. The number of rotatable bonds is 9. The topological polar surface area (TPSA) is 48.4 Å². The van der Waals surface area contributed by atoms with Crippen molar-refractivity contribution in [2.24, 2.45) is 0 Å². The van der Waals surface area contributed by atoms with E-state index >= 15 is 0 Å². The van der Waals surface area contributed by atoms with E-state index < -0.39 is 0 Å². The van der Waals surface area contributed by atoms with Gasteiger partial charge in [-0.1, -0.05) is 12.8 Å². The lowest BCUT2D eigenvalue weighted by Crippen LogP contribution is -2.03. The first-order valence-electron chi connectivity index (χ1n) is 6.51. The number of unbranched alkanes of at least 4 members (excludes halogenated alkanes) is 3. The van der Waals surface area contributed by atoms with Gasteiger partial charge in [-0.3, -0.25) is 9.78 Å². The van der Waals surface area contributed by atoms with Gasteiger partial charge >= 0.3 is 5.97 Å². The fourth-order valence-corrected chi connectivity index (χ4v) is 1.58. The van der Waals surface area contributed by atoms with Gasteiger partial charge in [0, 0.05) is 12.6 Å². The molecule has 0 spiro atoms. The second-order valence-electron chi connectivity index (χ2n) is 4.01. The third kappa shape index (κ3) is 6.89. The van der Waals surface area contributed by atoms with Gasteiger partial charge in [-0.05, 0) is 31.9 Å². The van der Waals surface area contributed by atoms with E-state index in [1.165, 1.54) is 0 Å². The van der Waals surface area contributed by atoms with Crippen LogP contribution in [0.2, 0.25) is 0 Å². The van der Waals surface area contributed by atoms with Gasteiger partial charge in [0.25, 0.3) is 0 Å². The van der Waals surface area contributed by atoms with Gasteiger partial charge in [0.1, 0.15) is 5.75 Å². The molecule has 0 unspecified atom stereocenters. The van der Waals surface area contributed by atoms with Gasteiger partial charge in [-0.2, -0.15) is 0 Å². The average molecular weight is 251 g/mol. The SMILES string of the molecule is CCOC(=O)CCCCCCOc1cccnc1. The third-order valence-electron chi connectivity index (χ3n) is 2.48. The van der Waals surface area contributed by atoms with E-state index in [0.717, 1.165) is 31.4 Å². The van der Waals surface area contributed by atoms with Gasteiger partial charge in [-0.15, -0.1) is 0 Å². The first-order chi connectivity index (χ1) is 8.83. The summed E-state index contributed by atoms with van der Waals surface area (Å²) in [6, 6.07) is 3.75. The molecule has 0 atom stereocenters. The van der Waals surface area contributed by atoms with Gasteiger partial charge < -0.3 is 9.47 Å². The Morgan fingerprint density at radius 1 is 1.28 bits per heavy atom. The van der Waals surface area contributed by atoms with Crippen molar-refractivity contribution in [1.29, 1.82) is 0 Å². The Hall–Kier alpha value is -1.58. The maximum Gasteiger partial charge on any atom is 0.305 e. The lowest BCUT2D eigenvalue weighted by molar-refractivity contribution is -0.143. The Bertz CT molecular complexity index is 327. The molecule has 0 saturated heterocycles. The Balaban J connectivity index is 1.92. The zero-order chi connectivity index (χ0) is 13.1. The van der Waals surface area contributed by atoms with Crippen LogP contribution in [0.5, 0.6) is 5.75 Å². The Kier molecular flexibility index (Phi) is 7.60. The van der Waals surface area contributed by atoms with Crippen molar-refractivity contribution in [3.8, 4) is 5.75 Å². The molecule has 1 rings (SSSR count). The summed E-state index contributed by atoms with van der Waals surface area (Å²) in [6.07, 6.45) is 7.96. The van der Waals surface area contributed by atoms with Gasteiger partial charge in [0.2, 0.25) is 0 Å². The first kappa shape index (κ1) is 14.5. The summed E-state index contributed by atoms with van der Waals surface area (Å²) >= 11 is 0. The van der Waals surface area contributed by atoms with E-state index in [-0.39, 0.29) is 5.97 Å². The molecule has 0 aliphatic rings. The quantitative estimate of drug-likeness (QED) is 0.500. The molecule has 0 radical (unpaired) electrons. The Morgan fingerprint density at radius 3 is 2.83 bits per heavy atom. The number of hydrogen-bond acceptors (Lipinski definition) is 4. The number of nitrogens with zero attached hydrogens (tertiary/aromatic N) is 1. The zero-order valence-corrected chi connectivity index (χ0v) is 10.9. The molecule has 0 aromatic carbocycles. The maximum atomic E-state index is 11.1. The molecule has 1 aromatic heterocycles. The lowest BCUT2D eigenvalue weighted by atomic mass is 10.1. The molecule has 1 heterocycles. The van der Waals surface area contributed by atoms with Gasteiger partial charge in [-0.25, -0.2) is 0 Å². The zero-order valence-electron chi connectivity index (χ0n) is 10.9. The standard InChI is InChI=1S/C14H21NO3/c1-2-17-14(16)9-5-3-4-6-11-18-13-8-7-10-15-12-13/h7-8,10,12H,2-6,9,11H2,1H3. The predicted octanol–water partition coefficient (Wildman–Crippen LogP) is 2.97. The fraction of sp³-hybridized carbons (Fsp3) is 0.571. The molecule has 0 fully saturated rings. The molecule has 1 aromatic rings. The minimum atomic E-state index is -0.0934. The summed E-state index contributed by atoms with van der Waals surface area (Å²) in [4.78, 5) is 15.0. The van der Waals surface area contributed by atoms with Crippen LogP contribution in [0.4, 0.5) is 0 Å². The summed E-state index contributed by atoms with van der Waals surface area (Å²) in [5, 5.41) is 0. The Labute approximate surface area is 108 Å². The number of aromatic nitrogens is 1. The molecule has 0 bridgehead atoms. The highest BCUT2D eigenvalue weighted by Gasteiger charge is 2.00. The molecule has 0 aliphatic carbocycles. The van der Waals surface area contributed by atoms with Gasteiger partial charge in [0.15, 0.2) is 0 Å². The van der Waals surface area contributed by atoms with Crippen LogP contribution in [0.3, 0.4) is 0 Å². The third-order valence-corrected chi connectivity index (χ3v) is 2.48. The average Bonchev–Trinajstić information content (AvgIpc) is 2.39. The summed E-state index contributed by atoms with van der Waals surface area (Å²) in [5.41, 5.74) is 0. The minimum Gasteiger partial charge on any atom is -0.492 e. The first-order valence-corrected chi connectivity index (χ1v) is 6.51. The normalized spacial score (nSPS) is 10.1. The highest BCUT2D eigenvalue weighted by molar-refractivity contribution is 5.69. The molecule has 4 nitrogen and oxygen atoms in total. The van der Waals surface area contributed by atoms with E-state index in [1.54, 1.807) is 12.4 Å². The van der Waals surface area contributed by atoms with Crippen LogP contribution in [0.25, 0.3) is 0 Å². The maximum absolute atomic E-state index is 11.1.